The maximum Gasteiger partial charge on any atom is 0.217 e. The van der Waals surface area contributed by atoms with E-state index in [0.29, 0.717) is 43.6 Å². The maximum atomic E-state index is 12.8. The molecule has 1 aromatic carbocycles. The first-order valence-electron chi connectivity index (χ1n) is 10.6. The molecule has 1 fully saturated rings. The fraction of sp³-hybridized carbons (Fsp3) is 0.409. The monoisotopic (exact) mass is 457 g/mol. The number of anilines is 1. The number of rotatable bonds is 8. The van der Waals surface area contributed by atoms with E-state index in [0.717, 1.165) is 16.5 Å². The Bertz CT molecular complexity index is 1220. The highest BCUT2D eigenvalue weighted by Gasteiger charge is 2.22. The van der Waals surface area contributed by atoms with Gasteiger partial charge >= 0.3 is 0 Å². The number of sulfone groups is 1. The zero-order chi connectivity index (χ0) is 22.7. The number of H-pyrrole nitrogens is 1. The Labute approximate surface area is 186 Å². The molecule has 1 unspecified atom stereocenters. The highest BCUT2D eigenvalue weighted by atomic mass is 32.2. The molecule has 1 aliphatic rings. The summed E-state index contributed by atoms with van der Waals surface area (Å²) in [6.07, 6.45) is 1.90. The molecule has 32 heavy (non-hydrogen) atoms. The summed E-state index contributed by atoms with van der Waals surface area (Å²) in [6.45, 7) is 4.24. The minimum absolute atomic E-state index is 0.0317. The minimum atomic E-state index is -3.50. The smallest absolute Gasteiger partial charge is 0.217 e. The number of nitrogens with zero attached hydrogens (tertiary/aromatic N) is 3. The molecular weight excluding hydrogens is 430 g/mol. The number of hydrogen-bond acceptors (Lipinski definition) is 7. The van der Waals surface area contributed by atoms with E-state index in [1.54, 1.807) is 13.0 Å². The first-order chi connectivity index (χ1) is 15.3. The van der Waals surface area contributed by atoms with Gasteiger partial charge in [-0.25, -0.2) is 18.4 Å². The minimum Gasteiger partial charge on any atom is -0.378 e. The third kappa shape index (κ3) is 5.43. The molecule has 3 N–H and O–H groups in total. The molecule has 0 aliphatic carbocycles. The fourth-order valence-corrected chi connectivity index (χ4v) is 5.65. The summed E-state index contributed by atoms with van der Waals surface area (Å²) < 4.78 is 31.1. The Morgan fingerprint density at radius 3 is 2.75 bits per heavy atom. The number of aromatic nitrogens is 3. The van der Waals surface area contributed by atoms with Crippen LogP contribution in [-0.2, 0) is 25.1 Å². The lowest BCUT2D eigenvalue weighted by atomic mass is 10.1. The van der Waals surface area contributed by atoms with Gasteiger partial charge in [0.15, 0.2) is 15.7 Å². The first kappa shape index (κ1) is 22.2. The maximum absolute atomic E-state index is 12.8. The predicted octanol–water partition coefficient (Wildman–Crippen LogP) is 1.89. The summed E-state index contributed by atoms with van der Waals surface area (Å²) in [7, 11) is -3.50. The molecule has 0 saturated carbocycles. The number of morpholine rings is 1. The van der Waals surface area contributed by atoms with E-state index in [-0.39, 0.29) is 23.8 Å². The fourth-order valence-electron chi connectivity index (χ4n) is 3.95. The Morgan fingerprint density at radius 1 is 1.22 bits per heavy atom. The van der Waals surface area contributed by atoms with Crippen molar-refractivity contribution in [3.8, 4) is 11.4 Å². The second kappa shape index (κ2) is 9.25. The van der Waals surface area contributed by atoms with Gasteiger partial charge in [-0.2, -0.15) is 0 Å². The number of carbonyl (C=O) groups is 1. The second-order valence-corrected chi connectivity index (χ2v) is 10.4. The molecule has 0 radical (unpaired) electrons. The van der Waals surface area contributed by atoms with Gasteiger partial charge in [0.25, 0.3) is 0 Å². The number of fused-ring (bicyclic) bond motifs is 1. The molecule has 0 spiro atoms. The molecule has 170 valence electrons. The van der Waals surface area contributed by atoms with Crippen LogP contribution >= 0.6 is 0 Å². The molecule has 10 heteroatoms. The first-order valence-corrected chi connectivity index (χ1v) is 12.4. The van der Waals surface area contributed by atoms with Crippen molar-refractivity contribution < 1.29 is 17.9 Å². The van der Waals surface area contributed by atoms with Crippen LogP contribution < -0.4 is 10.6 Å². The van der Waals surface area contributed by atoms with E-state index in [9.17, 15) is 13.2 Å². The molecule has 1 atom stereocenters. The molecule has 0 bridgehead atoms. The van der Waals surface area contributed by atoms with Crippen molar-refractivity contribution in [3.63, 3.8) is 0 Å². The SMILES string of the molecule is CC(CC(N)=O)CS(=O)(=O)Cc1cc(N2CCOCC2)nc(-c2ccc3[nH]ccc3c2)n1. The molecular formula is C22H27N5O4S. The van der Waals surface area contributed by atoms with E-state index < -0.39 is 15.7 Å². The number of hydrogen-bond donors (Lipinski definition) is 2. The van der Waals surface area contributed by atoms with Crippen LogP contribution in [0, 0.1) is 5.92 Å². The molecule has 4 rings (SSSR count). The van der Waals surface area contributed by atoms with Crippen molar-refractivity contribution in [1.29, 1.82) is 0 Å². The molecule has 2 aromatic heterocycles. The summed E-state index contributed by atoms with van der Waals surface area (Å²) in [4.78, 5) is 25.7. The zero-order valence-corrected chi connectivity index (χ0v) is 18.8. The number of aromatic amines is 1. The highest BCUT2D eigenvalue weighted by Crippen LogP contribution is 2.25. The number of nitrogens with two attached hydrogens (primary N) is 1. The Kier molecular flexibility index (Phi) is 6.43. The predicted molar refractivity (Wildman–Crippen MR) is 123 cm³/mol. The van der Waals surface area contributed by atoms with E-state index in [4.69, 9.17) is 15.5 Å². The lowest BCUT2D eigenvalue weighted by molar-refractivity contribution is -0.118. The van der Waals surface area contributed by atoms with E-state index in [1.807, 2.05) is 30.5 Å². The molecule has 9 nitrogen and oxygen atoms in total. The van der Waals surface area contributed by atoms with Gasteiger partial charge < -0.3 is 20.4 Å². The summed E-state index contributed by atoms with van der Waals surface area (Å²) >= 11 is 0. The number of primary amides is 1. The van der Waals surface area contributed by atoms with Crippen molar-refractivity contribution in [2.45, 2.75) is 19.1 Å². The van der Waals surface area contributed by atoms with Crippen molar-refractivity contribution in [3.05, 3.63) is 42.2 Å². The van der Waals surface area contributed by atoms with Gasteiger partial charge in [0, 0.05) is 48.2 Å². The van der Waals surface area contributed by atoms with Crippen LogP contribution in [0.15, 0.2) is 36.5 Å². The van der Waals surface area contributed by atoms with Gasteiger partial charge in [0.05, 0.1) is 30.4 Å². The summed E-state index contributed by atoms with van der Waals surface area (Å²) in [5, 5.41) is 1.03. The molecule has 1 saturated heterocycles. The van der Waals surface area contributed by atoms with Crippen LogP contribution in [0.1, 0.15) is 19.0 Å². The molecule has 3 heterocycles. The molecule has 1 amide bonds. The Hall–Kier alpha value is -2.98. The van der Waals surface area contributed by atoms with Crippen LogP contribution in [0.4, 0.5) is 5.82 Å². The van der Waals surface area contributed by atoms with Crippen LogP contribution in [0.2, 0.25) is 0 Å². The number of amides is 1. The normalized spacial score (nSPS) is 15.7. The lowest BCUT2D eigenvalue weighted by Crippen LogP contribution is -2.37. The number of ether oxygens (including phenoxy) is 1. The van der Waals surface area contributed by atoms with Gasteiger partial charge in [0.1, 0.15) is 5.82 Å². The summed E-state index contributed by atoms with van der Waals surface area (Å²) in [6, 6.07) is 9.56. The van der Waals surface area contributed by atoms with E-state index in [1.165, 1.54) is 0 Å². The Balaban J connectivity index is 1.67. The average molecular weight is 458 g/mol. The van der Waals surface area contributed by atoms with Gasteiger partial charge in [-0.3, -0.25) is 4.79 Å². The van der Waals surface area contributed by atoms with Gasteiger partial charge in [0.2, 0.25) is 5.91 Å². The Morgan fingerprint density at radius 2 is 2.00 bits per heavy atom. The van der Waals surface area contributed by atoms with Crippen LogP contribution in [0.25, 0.3) is 22.3 Å². The van der Waals surface area contributed by atoms with Gasteiger partial charge in [-0.1, -0.05) is 6.92 Å². The van der Waals surface area contributed by atoms with Crippen molar-refractivity contribution in [2.75, 3.05) is 37.0 Å². The highest BCUT2D eigenvalue weighted by molar-refractivity contribution is 7.90. The van der Waals surface area contributed by atoms with E-state index in [2.05, 4.69) is 14.9 Å². The van der Waals surface area contributed by atoms with Gasteiger partial charge in [-0.15, -0.1) is 0 Å². The van der Waals surface area contributed by atoms with Crippen LogP contribution in [0.5, 0.6) is 0 Å². The largest absolute Gasteiger partial charge is 0.378 e. The van der Waals surface area contributed by atoms with Crippen molar-refractivity contribution in [2.24, 2.45) is 11.7 Å². The zero-order valence-electron chi connectivity index (χ0n) is 18.0. The van der Waals surface area contributed by atoms with E-state index >= 15 is 0 Å². The topological polar surface area (TPSA) is 131 Å². The third-order valence-electron chi connectivity index (χ3n) is 5.37. The van der Waals surface area contributed by atoms with Crippen LogP contribution in [-0.4, -0.2) is 61.3 Å². The lowest BCUT2D eigenvalue weighted by Gasteiger charge is -2.28. The standard InChI is InChI=1S/C22H27N5O4S/c1-15(10-20(23)28)13-32(29,30)14-18-12-21(27-6-8-31-9-7-27)26-22(25-18)17-2-3-19-16(11-17)4-5-24-19/h2-5,11-12,15,24H,6-10,13-14H2,1H3,(H2,23,28). The summed E-state index contributed by atoms with van der Waals surface area (Å²) in [5.41, 5.74) is 7.46. The average Bonchev–Trinajstić information content (AvgIpc) is 3.20. The summed E-state index contributed by atoms with van der Waals surface area (Å²) in [5.74, 6) is -0.0528. The quantitative estimate of drug-likeness (QED) is 0.528. The second-order valence-electron chi connectivity index (χ2n) is 8.25. The van der Waals surface area contributed by atoms with Crippen molar-refractivity contribution in [1.82, 2.24) is 15.0 Å². The van der Waals surface area contributed by atoms with Gasteiger partial charge in [-0.05, 0) is 30.2 Å². The van der Waals surface area contributed by atoms with Crippen LogP contribution in [0.3, 0.4) is 0 Å². The number of carbonyl (C=O) groups excluding carboxylic acids is 1. The molecule has 3 aromatic rings. The third-order valence-corrected chi connectivity index (χ3v) is 7.18. The number of nitrogens with one attached hydrogen (secondary N) is 1. The number of benzene rings is 1. The van der Waals surface area contributed by atoms with Crippen molar-refractivity contribution >= 4 is 32.5 Å². The molecule has 1 aliphatic heterocycles.